The molecular formula is C21H22F4O. The molecule has 1 aliphatic carbocycles. The summed E-state index contributed by atoms with van der Waals surface area (Å²) < 4.78 is 55.1. The number of benzene rings is 2. The first-order valence-corrected chi connectivity index (χ1v) is 8.96. The Bertz CT molecular complexity index is 773. The molecular weight excluding hydrogens is 344 g/mol. The van der Waals surface area contributed by atoms with Crippen LogP contribution < -0.4 is 4.74 Å². The third kappa shape index (κ3) is 4.37. The Labute approximate surface area is 150 Å². The van der Waals surface area contributed by atoms with Crippen molar-refractivity contribution in [3.05, 3.63) is 54.4 Å². The number of rotatable bonds is 5. The van der Waals surface area contributed by atoms with Gasteiger partial charge in [-0.3, -0.25) is 0 Å². The van der Waals surface area contributed by atoms with Gasteiger partial charge in [0, 0.05) is 5.39 Å². The quantitative estimate of drug-likeness (QED) is 0.404. The molecule has 0 aromatic heterocycles. The normalized spacial score (nSPS) is 20.9. The fourth-order valence-electron chi connectivity index (χ4n) is 3.89. The van der Waals surface area contributed by atoms with Crippen molar-refractivity contribution < 1.29 is 22.3 Å². The molecule has 1 saturated carbocycles. The van der Waals surface area contributed by atoms with E-state index in [1.807, 2.05) is 18.2 Å². The van der Waals surface area contributed by atoms with E-state index in [9.17, 15) is 17.6 Å². The van der Waals surface area contributed by atoms with Crippen LogP contribution in [-0.2, 0) is 0 Å². The molecule has 0 aliphatic heterocycles. The van der Waals surface area contributed by atoms with Gasteiger partial charge in [-0.15, -0.1) is 19.8 Å². The highest BCUT2D eigenvalue weighted by Gasteiger charge is 2.32. The SMILES string of the molecule is C=CCCC1CCC(c2ccc3c(F)c(OC(F)(F)F)ccc3c2)CC1. The molecule has 1 fully saturated rings. The number of hydrogen-bond donors (Lipinski definition) is 0. The molecule has 140 valence electrons. The molecule has 0 N–H and O–H groups in total. The highest BCUT2D eigenvalue weighted by atomic mass is 19.4. The first kappa shape index (κ1) is 18.7. The zero-order valence-corrected chi connectivity index (χ0v) is 14.5. The Hall–Kier alpha value is -2.04. The lowest BCUT2D eigenvalue weighted by Crippen LogP contribution is -2.18. The second-order valence-corrected chi connectivity index (χ2v) is 6.99. The molecule has 3 rings (SSSR count). The molecule has 1 nitrogen and oxygen atoms in total. The van der Waals surface area contributed by atoms with Gasteiger partial charge in [0.2, 0.25) is 0 Å². The first-order chi connectivity index (χ1) is 12.4. The van der Waals surface area contributed by atoms with Crippen molar-refractivity contribution in [1.82, 2.24) is 0 Å². The summed E-state index contributed by atoms with van der Waals surface area (Å²) in [6, 6.07) is 7.81. The van der Waals surface area contributed by atoms with Gasteiger partial charge < -0.3 is 4.74 Å². The van der Waals surface area contributed by atoms with Gasteiger partial charge in [0.05, 0.1) is 0 Å². The van der Waals surface area contributed by atoms with Crippen molar-refractivity contribution in [2.75, 3.05) is 0 Å². The van der Waals surface area contributed by atoms with E-state index >= 15 is 0 Å². The van der Waals surface area contributed by atoms with Crippen LogP contribution in [-0.4, -0.2) is 6.36 Å². The zero-order valence-electron chi connectivity index (χ0n) is 14.5. The van der Waals surface area contributed by atoms with Crippen LogP contribution in [0.25, 0.3) is 10.8 Å². The minimum atomic E-state index is -4.90. The molecule has 0 amide bonds. The van der Waals surface area contributed by atoms with Crippen LogP contribution in [0.2, 0.25) is 0 Å². The third-order valence-corrected chi connectivity index (χ3v) is 5.27. The van der Waals surface area contributed by atoms with Gasteiger partial charge in [0.1, 0.15) is 0 Å². The van der Waals surface area contributed by atoms with Crippen LogP contribution in [0.1, 0.15) is 50.0 Å². The Kier molecular flexibility index (Phi) is 5.54. The number of ether oxygens (including phenoxy) is 1. The Morgan fingerprint density at radius 1 is 1.08 bits per heavy atom. The highest BCUT2D eigenvalue weighted by molar-refractivity contribution is 5.85. The lowest BCUT2D eigenvalue weighted by atomic mass is 9.77. The summed E-state index contributed by atoms with van der Waals surface area (Å²) in [6.07, 6.45) is 3.80. The lowest BCUT2D eigenvalue weighted by molar-refractivity contribution is -0.275. The maximum Gasteiger partial charge on any atom is 0.573 e. The topological polar surface area (TPSA) is 9.23 Å². The molecule has 1 aliphatic rings. The van der Waals surface area contributed by atoms with Gasteiger partial charge in [-0.25, -0.2) is 4.39 Å². The zero-order chi connectivity index (χ0) is 18.7. The monoisotopic (exact) mass is 366 g/mol. The van der Waals surface area contributed by atoms with E-state index in [4.69, 9.17) is 0 Å². The van der Waals surface area contributed by atoms with E-state index < -0.39 is 17.9 Å². The molecule has 5 heteroatoms. The van der Waals surface area contributed by atoms with Crippen molar-refractivity contribution in [2.45, 2.75) is 50.8 Å². The number of halogens is 4. The Morgan fingerprint density at radius 2 is 1.81 bits per heavy atom. The van der Waals surface area contributed by atoms with Crippen LogP contribution in [0.5, 0.6) is 5.75 Å². The van der Waals surface area contributed by atoms with Crippen LogP contribution in [0.4, 0.5) is 17.6 Å². The summed E-state index contributed by atoms with van der Waals surface area (Å²) in [5, 5.41) is 0.749. The van der Waals surface area contributed by atoms with Gasteiger partial charge in [0.15, 0.2) is 11.6 Å². The maximum atomic E-state index is 14.3. The third-order valence-electron chi connectivity index (χ3n) is 5.27. The van der Waals surface area contributed by atoms with Gasteiger partial charge in [-0.1, -0.05) is 30.3 Å². The fourth-order valence-corrected chi connectivity index (χ4v) is 3.89. The van der Waals surface area contributed by atoms with E-state index in [0.717, 1.165) is 36.8 Å². The van der Waals surface area contributed by atoms with Crippen LogP contribution >= 0.6 is 0 Å². The molecule has 0 heterocycles. The number of allylic oxidation sites excluding steroid dienone is 1. The Morgan fingerprint density at radius 3 is 2.46 bits per heavy atom. The van der Waals surface area contributed by atoms with E-state index in [-0.39, 0.29) is 5.39 Å². The van der Waals surface area contributed by atoms with E-state index in [1.165, 1.54) is 25.3 Å². The standard InChI is InChI=1S/C21H22F4O/c1-2-3-4-14-5-7-15(8-6-14)16-9-11-18-17(13-16)10-12-19(20(18)22)26-21(23,24)25/h2,9-15H,1,3-8H2. The summed E-state index contributed by atoms with van der Waals surface area (Å²) in [7, 11) is 0. The molecule has 0 saturated heterocycles. The van der Waals surface area contributed by atoms with E-state index in [0.29, 0.717) is 11.3 Å². The number of fused-ring (bicyclic) bond motifs is 1. The summed E-state index contributed by atoms with van der Waals surface area (Å²) in [5.41, 5.74) is 1.13. The molecule has 0 radical (unpaired) electrons. The molecule has 26 heavy (non-hydrogen) atoms. The molecule has 2 aromatic rings. The van der Waals surface area contributed by atoms with Gasteiger partial charge in [-0.05, 0) is 67.4 Å². The van der Waals surface area contributed by atoms with Crippen molar-refractivity contribution >= 4 is 10.8 Å². The van der Waals surface area contributed by atoms with Crippen LogP contribution in [0.3, 0.4) is 0 Å². The Balaban J connectivity index is 1.76. The van der Waals surface area contributed by atoms with Crippen LogP contribution in [0.15, 0.2) is 43.0 Å². The second-order valence-electron chi connectivity index (χ2n) is 6.99. The van der Waals surface area contributed by atoms with Gasteiger partial charge >= 0.3 is 6.36 Å². The largest absolute Gasteiger partial charge is 0.573 e. The number of alkyl halides is 3. The van der Waals surface area contributed by atoms with Crippen molar-refractivity contribution in [3.63, 3.8) is 0 Å². The predicted octanol–water partition coefficient (Wildman–Crippen LogP) is 7.12. The van der Waals surface area contributed by atoms with E-state index in [2.05, 4.69) is 11.3 Å². The lowest BCUT2D eigenvalue weighted by Gasteiger charge is -2.28. The van der Waals surface area contributed by atoms with Crippen LogP contribution in [0, 0.1) is 11.7 Å². The van der Waals surface area contributed by atoms with Crippen molar-refractivity contribution in [1.29, 1.82) is 0 Å². The summed E-state index contributed by atoms with van der Waals surface area (Å²) in [4.78, 5) is 0. The first-order valence-electron chi connectivity index (χ1n) is 8.96. The minimum absolute atomic E-state index is 0.148. The molecule has 0 bridgehead atoms. The smallest absolute Gasteiger partial charge is 0.403 e. The molecule has 0 spiro atoms. The van der Waals surface area contributed by atoms with Gasteiger partial charge in [0.25, 0.3) is 0 Å². The van der Waals surface area contributed by atoms with E-state index in [1.54, 1.807) is 6.07 Å². The average molecular weight is 366 g/mol. The molecule has 0 atom stereocenters. The van der Waals surface area contributed by atoms with Crippen molar-refractivity contribution in [2.24, 2.45) is 5.92 Å². The predicted molar refractivity (Wildman–Crippen MR) is 94.7 cm³/mol. The highest BCUT2D eigenvalue weighted by Crippen LogP contribution is 2.39. The molecule has 2 aromatic carbocycles. The average Bonchev–Trinajstić information content (AvgIpc) is 2.61. The second kappa shape index (κ2) is 7.68. The number of hydrogen-bond acceptors (Lipinski definition) is 1. The summed E-state index contributed by atoms with van der Waals surface area (Å²) in [5.74, 6) is -0.599. The fraction of sp³-hybridized carbons (Fsp3) is 0.429. The van der Waals surface area contributed by atoms with Crippen molar-refractivity contribution in [3.8, 4) is 5.75 Å². The maximum absolute atomic E-state index is 14.3. The van der Waals surface area contributed by atoms with Gasteiger partial charge in [-0.2, -0.15) is 0 Å². The summed E-state index contributed by atoms with van der Waals surface area (Å²) in [6.45, 7) is 3.77. The summed E-state index contributed by atoms with van der Waals surface area (Å²) >= 11 is 0. The molecule has 0 unspecified atom stereocenters. The minimum Gasteiger partial charge on any atom is -0.403 e.